The number of carbonyl (C=O) groups is 1. The number of hydrogen-bond donors (Lipinski definition) is 2. The molecule has 0 atom stereocenters. The molecule has 2 aromatic rings. The lowest BCUT2D eigenvalue weighted by Gasteiger charge is -2.09. The number of nitrogens with one attached hydrogen (secondary N) is 1. The van der Waals surface area contributed by atoms with Crippen LogP contribution in [0.5, 0.6) is 0 Å². The van der Waals surface area contributed by atoms with Crippen LogP contribution in [0.2, 0.25) is 0 Å². The summed E-state index contributed by atoms with van der Waals surface area (Å²) >= 11 is 0. The van der Waals surface area contributed by atoms with Crippen molar-refractivity contribution in [3.8, 4) is 0 Å². The predicted octanol–water partition coefficient (Wildman–Crippen LogP) is 3.29. The molecular formula is C16H14F2N2O. The summed E-state index contributed by atoms with van der Waals surface area (Å²) in [6.07, 6.45) is 3.16. The number of hydrogen-bond acceptors (Lipinski definition) is 2. The minimum absolute atomic E-state index is 0.0746. The number of anilines is 2. The molecule has 0 radical (unpaired) electrons. The SMILES string of the molecule is Nc1cc(F)c(F)cc1C(=O)Nc1ccc2c(c1)CCC2. The lowest BCUT2D eigenvalue weighted by molar-refractivity contribution is 0.102. The largest absolute Gasteiger partial charge is 0.398 e. The van der Waals surface area contributed by atoms with Crippen LogP contribution in [0.1, 0.15) is 27.9 Å². The predicted molar refractivity (Wildman–Crippen MR) is 77.2 cm³/mol. The second kappa shape index (κ2) is 5.16. The number of nitrogen functional groups attached to an aromatic ring is 1. The molecule has 0 fully saturated rings. The molecule has 1 aliphatic carbocycles. The number of nitrogens with two attached hydrogens (primary N) is 1. The van der Waals surface area contributed by atoms with Gasteiger partial charge in [-0.05, 0) is 48.6 Å². The fourth-order valence-electron chi connectivity index (χ4n) is 2.61. The Morgan fingerprint density at radius 2 is 1.76 bits per heavy atom. The summed E-state index contributed by atoms with van der Waals surface area (Å²) in [4.78, 5) is 12.1. The van der Waals surface area contributed by atoms with E-state index in [1.54, 1.807) is 6.07 Å². The summed E-state index contributed by atoms with van der Waals surface area (Å²) in [6, 6.07) is 7.32. The van der Waals surface area contributed by atoms with Crippen LogP contribution in [0.3, 0.4) is 0 Å². The molecule has 21 heavy (non-hydrogen) atoms. The van der Waals surface area contributed by atoms with Gasteiger partial charge in [0.25, 0.3) is 5.91 Å². The molecule has 2 aromatic carbocycles. The highest BCUT2D eigenvalue weighted by Crippen LogP contribution is 2.25. The van der Waals surface area contributed by atoms with Gasteiger partial charge < -0.3 is 11.1 Å². The topological polar surface area (TPSA) is 55.1 Å². The zero-order chi connectivity index (χ0) is 15.0. The van der Waals surface area contributed by atoms with Crippen LogP contribution in [-0.2, 0) is 12.8 Å². The Kier molecular flexibility index (Phi) is 3.33. The van der Waals surface area contributed by atoms with Crippen molar-refractivity contribution in [1.82, 2.24) is 0 Å². The molecule has 108 valence electrons. The monoisotopic (exact) mass is 288 g/mol. The van der Waals surface area contributed by atoms with Crippen molar-refractivity contribution >= 4 is 17.3 Å². The quantitative estimate of drug-likeness (QED) is 0.833. The summed E-state index contributed by atoms with van der Waals surface area (Å²) in [5.41, 5.74) is 8.54. The molecule has 0 heterocycles. The van der Waals surface area contributed by atoms with Crippen molar-refractivity contribution < 1.29 is 13.6 Å². The summed E-state index contributed by atoms with van der Waals surface area (Å²) in [5.74, 6) is -2.71. The second-order valence-corrected chi connectivity index (χ2v) is 5.14. The third-order valence-electron chi connectivity index (χ3n) is 3.69. The molecule has 5 heteroatoms. The van der Waals surface area contributed by atoms with E-state index in [4.69, 9.17) is 5.73 Å². The third-order valence-corrected chi connectivity index (χ3v) is 3.69. The van der Waals surface area contributed by atoms with E-state index < -0.39 is 17.5 Å². The van der Waals surface area contributed by atoms with E-state index in [9.17, 15) is 13.6 Å². The number of carbonyl (C=O) groups excluding carboxylic acids is 1. The van der Waals surface area contributed by atoms with E-state index in [2.05, 4.69) is 5.32 Å². The van der Waals surface area contributed by atoms with Crippen LogP contribution >= 0.6 is 0 Å². The molecular weight excluding hydrogens is 274 g/mol. The molecule has 0 aliphatic heterocycles. The van der Waals surface area contributed by atoms with Gasteiger partial charge in [-0.1, -0.05) is 6.07 Å². The molecule has 3 rings (SSSR count). The maximum atomic E-state index is 13.2. The minimum Gasteiger partial charge on any atom is -0.398 e. The Hall–Kier alpha value is -2.43. The van der Waals surface area contributed by atoms with Crippen LogP contribution in [0.15, 0.2) is 30.3 Å². The highest BCUT2D eigenvalue weighted by atomic mass is 19.2. The number of benzene rings is 2. The average molecular weight is 288 g/mol. The van der Waals surface area contributed by atoms with E-state index in [1.807, 2.05) is 12.1 Å². The van der Waals surface area contributed by atoms with Gasteiger partial charge in [0, 0.05) is 17.4 Å². The number of amides is 1. The Balaban J connectivity index is 1.85. The van der Waals surface area contributed by atoms with E-state index in [-0.39, 0.29) is 11.3 Å². The van der Waals surface area contributed by atoms with E-state index >= 15 is 0 Å². The molecule has 0 saturated heterocycles. The van der Waals surface area contributed by atoms with E-state index in [1.165, 1.54) is 11.1 Å². The molecule has 0 bridgehead atoms. The van der Waals surface area contributed by atoms with Crippen molar-refractivity contribution in [2.75, 3.05) is 11.1 Å². The standard InChI is InChI=1S/C16H14F2N2O/c17-13-7-12(15(19)8-14(13)18)16(21)20-11-5-4-9-2-1-3-10(9)6-11/h4-8H,1-3,19H2,(H,20,21). The number of halogens is 2. The van der Waals surface area contributed by atoms with Gasteiger partial charge in [-0.3, -0.25) is 4.79 Å². The Bertz CT molecular complexity index is 728. The van der Waals surface area contributed by atoms with Crippen LogP contribution in [-0.4, -0.2) is 5.91 Å². The van der Waals surface area contributed by atoms with Crippen LogP contribution < -0.4 is 11.1 Å². The highest BCUT2D eigenvalue weighted by Gasteiger charge is 2.16. The molecule has 3 nitrogen and oxygen atoms in total. The van der Waals surface area contributed by atoms with Gasteiger partial charge >= 0.3 is 0 Å². The van der Waals surface area contributed by atoms with E-state index in [0.717, 1.165) is 31.4 Å². The first-order valence-corrected chi connectivity index (χ1v) is 6.72. The highest BCUT2D eigenvalue weighted by molar-refractivity contribution is 6.07. The van der Waals surface area contributed by atoms with Crippen LogP contribution in [0, 0.1) is 11.6 Å². The van der Waals surface area contributed by atoms with Gasteiger partial charge in [0.15, 0.2) is 11.6 Å². The Morgan fingerprint density at radius 3 is 2.57 bits per heavy atom. The first-order chi connectivity index (χ1) is 10.0. The first-order valence-electron chi connectivity index (χ1n) is 6.72. The summed E-state index contributed by atoms with van der Waals surface area (Å²) in [7, 11) is 0. The van der Waals surface area contributed by atoms with Crippen LogP contribution in [0.25, 0.3) is 0 Å². The van der Waals surface area contributed by atoms with E-state index in [0.29, 0.717) is 5.69 Å². The first kappa shape index (κ1) is 13.5. The second-order valence-electron chi connectivity index (χ2n) is 5.14. The Morgan fingerprint density at radius 1 is 1.05 bits per heavy atom. The van der Waals surface area contributed by atoms with Gasteiger partial charge in [-0.25, -0.2) is 8.78 Å². The molecule has 3 N–H and O–H groups in total. The number of fused-ring (bicyclic) bond motifs is 1. The van der Waals surface area contributed by atoms with Crippen LogP contribution in [0.4, 0.5) is 20.2 Å². The average Bonchev–Trinajstić information content (AvgIpc) is 2.90. The molecule has 0 unspecified atom stereocenters. The maximum absolute atomic E-state index is 13.2. The van der Waals surface area contributed by atoms with Crippen molar-refractivity contribution in [1.29, 1.82) is 0 Å². The van der Waals surface area contributed by atoms with Crippen molar-refractivity contribution in [3.05, 3.63) is 58.7 Å². The van der Waals surface area contributed by atoms with Gasteiger partial charge in [0.05, 0.1) is 5.56 Å². The lowest BCUT2D eigenvalue weighted by atomic mass is 10.1. The fourth-order valence-corrected chi connectivity index (χ4v) is 2.61. The van der Waals surface area contributed by atoms with Crippen molar-refractivity contribution in [3.63, 3.8) is 0 Å². The number of aryl methyl sites for hydroxylation is 2. The van der Waals surface area contributed by atoms with Crippen molar-refractivity contribution in [2.24, 2.45) is 0 Å². The minimum atomic E-state index is -1.09. The van der Waals surface area contributed by atoms with Gasteiger partial charge in [-0.2, -0.15) is 0 Å². The maximum Gasteiger partial charge on any atom is 0.257 e. The molecule has 1 aliphatic rings. The third kappa shape index (κ3) is 2.59. The van der Waals surface area contributed by atoms with Gasteiger partial charge in [-0.15, -0.1) is 0 Å². The fraction of sp³-hybridized carbons (Fsp3) is 0.188. The molecule has 0 spiro atoms. The van der Waals surface area contributed by atoms with Gasteiger partial charge in [0.2, 0.25) is 0 Å². The summed E-state index contributed by atoms with van der Waals surface area (Å²) in [6.45, 7) is 0. The zero-order valence-corrected chi connectivity index (χ0v) is 11.2. The Labute approximate surface area is 120 Å². The number of rotatable bonds is 2. The molecule has 0 aromatic heterocycles. The molecule has 0 saturated carbocycles. The summed E-state index contributed by atoms with van der Waals surface area (Å²) < 4.78 is 26.2. The van der Waals surface area contributed by atoms with Gasteiger partial charge in [0.1, 0.15) is 0 Å². The lowest BCUT2D eigenvalue weighted by Crippen LogP contribution is -2.15. The van der Waals surface area contributed by atoms with Crippen molar-refractivity contribution in [2.45, 2.75) is 19.3 Å². The zero-order valence-electron chi connectivity index (χ0n) is 11.2. The molecule has 1 amide bonds. The normalized spacial score (nSPS) is 13.0. The summed E-state index contributed by atoms with van der Waals surface area (Å²) in [5, 5.41) is 2.67. The smallest absolute Gasteiger partial charge is 0.257 e.